The summed E-state index contributed by atoms with van der Waals surface area (Å²) in [5.74, 6) is -0.402. The van der Waals surface area contributed by atoms with E-state index in [1.807, 2.05) is 0 Å². The quantitative estimate of drug-likeness (QED) is 0.357. The Labute approximate surface area is 179 Å². The molecule has 2 aromatic heterocycles. The number of aliphatic hydroxyl groups excluding tert-OH is 1. The fraction of sp³-hybridized carbons (Fsp3) is 0.500. The van der Waals surface area contributed by atoms with Crippen LogP contribution in [0.15, 0.2) is 27.2 Å². The van der Waals surface area contributed by atoms with Gasteiger partial charge < -0.3 is 19.3 Å². The molecule has 31 heavy (non-hydrogen) atoms. The first-order valence-corrected chi connectivity index (χ1v) is 10.2. The molecule has 3 rings (SSSR count). The molecular formula is C18H21N3O9S. The van der Waals surface area contributed by atoms with Gasteiger partial charge in [0.1, 0.15) is 25.5 Å². The van der Waals surface area contributed by atoms with Crippen molar-refractivity contribution in [3.63, 3.8) is 0 Å². The van der Waals surface area contributed by atoms with Crippen molar-refractivity contribution in [2.24, 2.45) is 0 Å². The molecule has 0 radical (unpaired) electrons. The van der Waals surface area contributed by atoms with Gasteiger partial charge in [-0.15, -0.1) is 11.3 Å². The summed E-state index contributed by atoms with van der Waals surface area (Å²) < 4.78 is 16.7. The molecule has 1 saturated heterocycles. The Balaban J connectivity index is 1.51. The average Bonchev–Trinajstić information content (AvgIpc) is 3.34. The lowest BCUT2D eigenvalue weighted by atomic mass is 10.1. The smallest absolute Gasteiger partial charge is 0.434 e. The molecule has 0 amide bonds. The van der Waals surface area contributed by atoms with Crippen LogP contribution in [-0.2, 0) is 14.2 Å². The van der Waals surface area contributed by atoms with Gasteiger partial charge in [-0.3, -0.25) is 24.5 Å². The van der Waals surface area contributed by atoms with E-state index in [0.29, 0.717) is 10.4 Å². The number of aromatic amines is 1. The van der Waals surface area contributed by atoms with Crippen molar-refractivity contribution in [1.82, 2.24) is 9.55 Å². The molecule has 1 fully saturated rings. The fourth-order valence-corrected chi connectivity index (χ4v) is 4.04. The van der Waals surface area contributed by atoms with Crippen LogP contribution in [0, 0.1) is 17.0 Å². The number of thiophene rings is 1. The van der Waals surface area contributed by atoms with Crippen molar-refractivity contribution in [3.8, 4) is 0 Å². The zero-order valence-corrected chi connectivity index (χ0v) is 17.5. The summed E-state index contributed by atoms with van der Waals surface area (Å²) in [4.78, 5) is 48.5. The van der Waals surface area contributed by atoms with Crippen molar-refractivity contribution in [2.75, 3.05) is 13.2 Å². The van der Waals surface area contributed by atoms with E-state index in [0.717, 1.165) is 4.57 Å². The van der Waals surface area contributed by atoms with E-state index in [-0.39, 0.29) is 25.3 Å². The Hall–Kier alpha value is -3.03. The summed E-state index contributed by atoms with van der Waals surface area (Å²) in [5, 5.41) is 22.8. The predicted octanol–water partition coefficient (Wildman–Crippen LogP) is 1.42. The molecule has 0 aromatic carbocycles. The third kappa shape index (κ3) is 5.18. The molecule has 168 valence electrons. The second kappa shape index (κ2) is 9.41. The second-order valence-electron chi connectivity index (χ2n) is 7.11. The lowest BCUT2D eigenvalue weighted by Gasteiger charge is -2.16. The highest BCUT2D eigenvalue weighted by Gasteiger charge is 2.36. The van der Waals surface area contributed by atoms with Crippen LogP contribution in [0.2, 0.25) is 0 Å². The van der Waals surface area contributed by atoms with E-state index in [9.17, 15) is 29.6 Å². The predicted molar refractivity (Wildman–Crippen MR) is 107 cm³/mol. The van der Waals surface area contributed by atoms with E-state index in [1.165, 1.54) is 30.5 Å². The maximum atomic E-state index is 12.0. The van der Waals surface area contributed by atoms with Gasteiger partial charge in [0.2, 0.25) is 0 Å². The Morgan fingerprint density at radius 2 is 2.23 bits per heavy atom. The SMILES string of the molecule is Cc1cn([C@H]2C[C@H](O)[C@@H](COC(=O)OCC(C)c3sccc3[N+](=O)[O-])O2)c(=O)[nH]c1=O. The third-order valence-corrected chi connectivity index (χ3v) is 5.93. The first-order chi connectivity index (χ1) is 14.7. The number of aromatic nitrogens is 2. The van der Waals surface area contributed by atoms with Gasteiger partial charge in [0.15, 0.2) is 0 Å². The van der Waals surface area contributed by atoms with Gasteiger partial charge >= 0.3 is 11.8 Å². The number of nitrogens with one attached hydrogen (secondary N) is 1. The average molecular weight is 455 g/mol. The number of aliphatic hydroxyl groups is 1. The minimum Gasteiger partial charge on any atom is -0.434 e. The molecule has 13 heteroatoms. The number of carbonyl (C=O) groups is 1. The molecule has 3 heterocycles. The number of rotatable bonds is 7. The van der Waals surface area contributed by atoms with E-state index < -0.39 is 46.7 Å². The maximum Gasteiger partial charge on any atom is 0.508 e. The maximum absolute atomic E-state index is 12.0. The van der Waals surface area contributed by atoms with Crippen molar-refractivity contribution in [1.29, 1.82) is 0 Å². The number of nitro groups is 1. The van der Waals surface area contributed by atoms with Crippen LogP contribution in [-0.4, -0.2) is 51.2 Å². The third-order valence-electron chi connectivity index (χ3n) is 4.79. The molecule has 4 atom stereocenters. The van der Waals surface area contributed by atoms with Gasteiger partial charge in [0.05, 0.1) is 15.9 Å². The summed E-state index contributed by atoms with van der Waals surface area (Å²) in [5.41, 5.74) is -0.910. The summed E-state index contributed by atoms with van der Waals surface area (Å²) >= 11 is 1.20. The largest absolute Gasteiger partial charge is 0.508 e. The van der Waals surface area contributed by atoms with Gasteiger partial charge in [-0.25, -0.2) is 9.59 Å². The Morgan fingerprint density at radius 1 is 1.48 bits per heavy atom. The van der Waals surface area contributed by atoms with E-state index >= 15 is 0 Å². The number of hydrogen-bond donors (Lipinski definition) is 2. The monoisotopic (exact) mass is 455 g/mol. The molecular weight excluding hydrogens is 434 g/mol. The first-order valence-electron chi connectivity index (χ1n) is 9.34. The summed E-state index contributed by atoms with van der Waals surface area (Å²) in [6.45, 7) is 2.77. The number of H-pyrrole nitrogens is 1. The summed E-state index contributed by atoms with van der Waals surface area (Å²) in [6.07, 6.45) is -2.35. The Bertz CT molecular complexity index is 1080. The number of carbonyl (C=O) groups excluding carboxylic acids is 1. The molecule has 12 nitrogen and oxygen atoms in total. The molecule has 0 spiro atoms. The molecule has 2 aromatic rings. The van der Waals surface area contributed by atoms with Crippen molar-refractivity contribution in [3.05, 3.63) is 59.0 Å². The first kappa shape index (κ1) is 22.7. The second-order valence-corrected chi connectivity index (χ2v) is 8.06. The van der Waals surface area contributed by atoms with Gasteiger partial charge in [-0.05, 0) is 12.3 Å². The van der Waals surface area contributed by atoms with Crippen LogP contribution >= 0.6 is 11.3 Å². The standard InChI is InChI=1S/C18H21N3O9S/c1-9-6-20(17(24)19-16(9)23)14-5-12(22)13(30-14)8-29-18(25)28-7-10(2)15-11(21(26)27)3-4-31-15/h3-4,6,10,12-14,22H,5,7-8H2,1-2H3,(H,19,23,24)/t10?,12-,13+,14+/m0/s1. The lowest BCUT2D eigenvalue weighted by molar-refractivity contribution is -0.385. The molecule has 1 aliphatic rings. The van der Waals surface area contributed by atoms with Crippen LogP contribution < -0.4 is 11.2 Å². The Morgan fingerprint density at radius 3 is 2.94 bits per heavy atom. The van der Waals surface area contributed by atoms with E-state index in [2.05, 4.69) is 4.98 Å². The van der Waals surface area contributed by atoms with Crippen LogP contribution in [0.3, 0.4) is 0 Å². The number of ether oxygens (including phenoxy) is 3. The van der Waals surface area contributed by atoms with Gasteiger partial charge in [0, 0.05) is 30.2 Å². The molecule has 0 bridgehead atoms. The fourth-order valence-electron chi connectivity index (χ4n) is 3.13. The van der Waals surface area contributed by atoms with Crippen LogP contribution in [0.5, 0.6) is 0 Å². The van der Waals surface area contributed by atoms with Crippen LogP contribution in [0.25, 0.3) is 0 Å². The molecule has 1 aliphatic heterocycles. The zero-order valence-electron chi connectivity index (χ0n) is 16.7. The van der Waals surface area contributed by atoms with Gasteiger partial charge in [-0.2, -0.15) is 0 Å². The van der Waals surface area contributed by atoms with Crippen LogP contribution in [0.4, 0.5) is 10.5 Å². The minimum atomic E-state index is -1.01. The van der Waals surface area contributed by atoms with E-state index in [1.54, 1.807) is 12.3 Å². The minimum absolute atomic E-state index is 0.0317. The number of aryl methyl sites for hydroxylation is 1. The van der Waals surface area contributed by atoms with E-state index in [4.69, 9.17) is 14.2 Å². The topological polar surface area (TPSA) is 163 Å². The zero-order chi connectivity index (χ0) is 22.7. The van der Waals surface area contributed by atoms with Crippen molar-refractivity contribution in [2.45, 2.75) is 44.6 Å². The van der Waals surface area contributed by atoms with Crippen molar-refractivity contribution >= 4 is 23.2 Å². The summed E-state index contributed by atoms with van der Waals surface area (Å²) in [6, 6.07) is 1.39. The molecule has 0 saturated carbocycles. The van der Waals surface area contributed by atoms with Gasteiger partial charge in [-0.1, -0.05) is 6.92 Å². The highest BCUT2D eigenvalue weighted by molar-refractivity contribution is 7.10. The summed E-state index contributed by atoms with van der Waals surface area (Å²) in [7, 11) is 0. The van der Waals surface area contributed by atoms with Crippen molar-refractivity contribution < 1.29 is 29.0 Å². The lowest BCUT2D eigenvalue weighted by Crippen LogP contribution is -2.33. The molecule has 1 unspecified atom stereocenters. The van der Waals surface area contributed by atoms with Crippen LogP contribution in [0.1, 0.15) is 35.9 Å². The number of hydrogen-bond acceptors (Lipinski definition) is 10. The molecule has 2 N–H and O–H groups in total. The molecule has 0 aliphatic carbocycles. The number of nitrogens with zero attached hydrogens (tertiary/aromatic N) is 2. The normalized spacial score (nSPS) is 21.6. The Kier molecular flexibility index (Phi) is 6.87. The highest BCUT2D eigenvalue weighted by Crippen LogP contribution is 2.32. The highest BCUT2D eigenvalue weighted by atomic mass is 32.1. The van der Waals surface area contributed by atoms with Gasteiger partial charge in [0.25, 0.3) is 11.2 Å².